The molecule has 3 heteroatoms. The van der Waals surface area contributed by atoms with Crippen LogP contribution in [0.5, 0.6) is 0 Å². The van der Waals surface area contributed by atoms with E-state index in [1.54, 1.807) is 0 Å². The Labute approximate surface area is 215 Å². The first-order valence-electron chi connectivity index (χ1n) is 11.6. The molecule has 1 aromatic heterocycles. The van der Waals surface area contributed by atoms with Gasteiger partial charge in [-0.3, -0.25) is 0 Å². The van der Waals surface area contributed by atoms with Gasteiger partial charge >= 0.3 is 0 Å². The second-order valence-electron chi connectivity index (χ2n) is 9.39. The molecular weight excluding hydrogens is 546 g/mol. The van der Waals surface area contributed by atoms with E-state index < -0.39 is 0 Å². The van der Waals surface area contributed by atoms with Crippen LogP contribution in [0.1, 0.15) is 12.0 Å². The molecule has 1 fully saturated rings. The number of halogens is 2. The lowest BCUT2D eigenvalue weighted by molar-refractivity contribution is 0.819. The van der Waals surface area contributed by atoms with Crippen LogP contribution in [0.15, 0.2) is 118 Å². The van der Waals surface area contributed by atoms with Gasteiger partial charge in [-0.15, -0.1) is 0 Å². The number of nitrogens with zero attached hydrogens (tertiary/aromatic N) is 1. The Kier molecular flexibility index (Phi) is 4.56. The molecule has 1 nitrogen and oxygen atoms in total. The molecule has 0 radical (unpaired) electrons. The van der Waals surface area contributed by atoms with Crippen LogP contribution in [-0.2, 0) is 5.41 Å². The average molecular weight is 567 g/mol. The van der Waals surface area contributed by atoms with Crippen molar-refractivity contribution in [3.8, 4) is 16.8 Å². The van der Waals surface area contributed by atoms with Gasteiger partial charge in [-0.1, -0.05) is 98.6 Å². The van der Waals surface area contributed by atoms with E-state index in [4.69, 9.17) is 0 Å². The van der Waals surface area contributed by atoms with E-state index in [2.05, 4.69) is 146 Å². The highest BCUT2D eigenvalue weighted by Gasteiger charge is 2.52. The Morgan fingerprint density at radius 3 is 2.21 bits per heavy atom. The maximum absolute atomic E-state index is 3.69. The van der Waals surface area contributed by atoms with Gasteiger partial charge in [-0.2, -0.15) is 0 Å². The van der Waals surface area contributed by atoms with Crippen LogP contribution in [0.25, 0.3) is 38.6 Å². The molecule has 0 amide bonds. The summed E-state index contributed by atoms with van der Waals surface area (Å²) in [5, 5.41) is 2.60. The zero-order valence-corrected chi connectivity index (χ0v) is 21.6. The van der Waals surface area contributed by atoms with Gasteiger partial charge in [-0.25, -0.2) is 0 Å². The van der Waals surface area contributed by atoms with Crippen molar-refractivity contribution >= 4 is 53.7 Å². The molecule has 2 atom stereocenters. The summed E-state index contributed by atoms with van der Waals surface area (Å²) in [7, 11) is 0. The van der Waals surface area contributed by atoms with Gasteiger partial charge in [-0.05, 0) is 71.5 Å². The SMILES string of the molecule is Brc1cc(Br)cc(-n2c3ccc(-c4ccccc4)cc3c3cc(C45C=CC=CC4C5)ccc32)c1. The molecule has 34 heavy (non-hydrogen) atoms. The lowest BCUT2D eigenvalue weighted by Crippen LogP contribution is -2.07. The van der Waals surface area contributed by atoms with E-state index in [0.29, 0.717) is 5.92 Å². The van der Waals surface area contributed by atoms with E-state index in [9.17, 15) is 0 Å². The second kappa shape index (κ2) is 7.56. The largest absolute Gasteiger partial charge is 0.309 e. The molecule has 2 unspecified atom stereocenters. The monoisotopic (exact) mass is 565 g/mol. The normalized spacial score (nSPS) is 20.7. The van der Waals surface area contributed by atoms with Gasteiger partial charge in [0.05, 0.1) is 11.0 Å². The summed E-state index contributed by atoms with van der Waals surface area (Å²) in [6, 6.07) is 31.1. The molecule has 5 aromatic rings. The minimum Gasteiger partial charge on any atom is -0.309 e. The Bertz CT molecular complexity index is 1640. The summed E-state index contributed by atoms with van der Waals surface area (Å²) in [4.78, 5) is 0. The van der Waals surface area contributed by atoms with Crippen molar-refractivity contribution in [2.45, 2.75) is 11.8 Å². The standard InChI is InChI=1S/C31H21Br2N/c32-24-16-25(33)18-26(17-24)34-29-11-9-21(20-6-2-1-3-7-20)14-27(29)28-15-22(10-12-30(28)34)31-13-5-4-8-23(31)19-31/h1-18,23H,19H2. The number of hydrogen-bond acceptors (Lipinski definition) is 0. The lowest BCUT2D eigenvalue weighted by Gasteiger charge is -2.15. The molecule has 7 rings (SSSR count). The molecule has 0 aliphatic heterocycles. The van der Waals surface area contributed by atoms with Crippen molar-refractivity contribution in [1.29, 1.82) is 0 Å². The molecule has 0 N–H and O–H groups in total. The number of allylic oxidation sites excluding steroid dienone is 4. The van der Waals surface area contributed by atoms with Gasteiger partial charge in [0.25, 0.3) is 0 Å². The molecule has 2 aliphatic carbocycles. The molecule has 0 bridgehead atoms. The first-order chi connectivity index (χ1) is 16.6. The predicted molar refractivity (Wildman–Crippen MR) is 150 cm³/mol. The molecule has 1 heterocycles. The molecule has 0 saturated heterocycles. The third-order valence-corrected chi connectivity index (χ3v) is 8.34. The summed E-state index contributed by atoms with van der Waals surface area (Å²) in [5.41, 5.74) is 7.68. The van der Waals surface area contributed by atoms with Crippen LogP contribution in [0.2, 0.25) is 0 Å². The topological polar surface area (TPSA) is 4.93 Å². The zero-order valence-electron chi connectivity index (χ0n) is 18.4. The Balaban J connectivity index is 1.52. The fourth-order valence-corrected chi connectivity index (χ4v) is 6.93. The third kappa shape index (κ3) is 3.10. The maximum atomic E-state index is 3.69. The molecular formula is C31H21Br2N. The highest BCUT2D eigenvalue weighted by atomic mass is 79.9. The Morgan fingerprint density at radius 2 is 1.44 bits per heavy atom. The lowest BCUT2D eigenvalue weighted by atomic mass is 9.89. The number of benzene rings is 4. The van der Waals surface area contributed by atoms with Crippen molar-refractivity contribution < 1.29 is 0 Å². The first kappa shape index (κ1) is 20.5. The van der Waals surface area contributed by atoms with Crippen molar-refractivity contribution in [2.24, 2.45) is 5.92 Å². The minimum absolute atomic E-state index is 0.174. The number of hydrogen-bond donors (Lipinski definition) is 0. The summed E-state index contributed by atoms with van der Waals surface area (Å²) < 4.78 is 4.50. The van der Waals surface area contributed by atoms with Crippen LogP contribution in [0.3, 0.4) is 0 Å². The van der Waals surface area contributed by atoms with E-state index in [1.807, 2.05) is 0 Å². The Hall–Kier alpha value is -2.88. The predicted octanol–water partition coefficient (Wildman–Crippen LogP) is 9.36. The number of aromatic nitrogens is 1. The van der Waals surface area contributed by atoms with E-state index in [0.717, 1.165) is 14.6 Å². The van der Waals surface area contributed by atoms with Crippen molar-refractivity contribution in [3.05, 3.63) is 124 Å². The van der Waals surface area contributed by atoms with Crippen molar-refractivity contribution in [1.82, 2.24) is 4.57 Å². The highest BCUT2D eigenvalue weighted by molar-refractivity contribution is 9.11. The van der Waals surface area contributed by atoms with Crippen molar-refractivity contribution in [3.63, 3.8) is 0 Å². The van der Waals surface area contributed by atoms with Crippen LogP contribution in [0, 0.1) is 5.92 Å². The summed E-state index contributed by atoms with van der Waals surface area (Å²) in [5.74, 6) is 0.629. The fourth-order valence-electron chi connectivity index (χ4n) is 5.66. The molecule has 2 aliphatic rings. The highest BCUT2D eigenvalue weighted by Crippen LogP contribution is 2.58. The van der Waals surface area contributed by atoms with Gasteiger partial charge in [0.2, 0.25) is 0 Å². The van der Waals surface area contributed by atoms with Crippen molar-refractivity contribution in [2.75, 3.05) is 0 Å². The second-order valence-corrected chi connectivity index (χ2v) is 11.2. The summed E-state index contributed by atoms with van der Waals surface area (Å²) >= 11 is 7.38. The van der Waals surface area contributed by atoms with Gasteiger partial charge in [0.15, 0.2) is 0 Å². The van der Waals surface area contributed by atoms with E-state index >= 15 is 0 Å². The minimum atomic E-state index is 0.174. The van der Waals surface area contributed by atoms with Gasteiger partial charge in [0, 0.05) is 30.8 Å². The Morgan fingerprint density at radius 1 is 0.706 bits per heavy atom. The smallest absolute Gasteiger partial charge is 0.0541 e. The zero-order chi connectivity index (χ0) is 22.9. The van der Waals surface area contributed by atoms with Gasteiger partial charge in [0.1, 0.15) is 0 Å². The average Bonchev–Trinajstić information content (AvgIpc) is 3.52. The molecule has 4 aromatic carbocycles. The summed E-state index contributed by atoms with van der Waals surface area (Å²) in [6.45, 7) is 0. The first-order valence-corrected chi connectivity index (χ1v) is 13.2. The maximum Gasteiger partial charge on any atom is 0.0541 e. The van der Waals surface area contributed by atoms with Crippen LogP contribution < -0.4 is 0 Å². The quantitative estimate of drug-likeness (QED) is 0.205. The van der Waals surface area contributed by atoms with E-state index in [-0.39, 0.29) is 5.41 Å². The van der Waals surface area contributed by atoms with Crippen LogP contribution in [-0.4, -0.2) is 4.57 Å². The van der Waals surface area contributed by atoms with E-state index in [1.165, 1.54) is 44.9 Å². The number of fused-ring (bicyclic) bond motifs is 4. The molecule has 0 spiro atoms. The fraction of sp³-hybridized carbons (Fsp3) is 0.0968. The molecule has 164 valence electrons. The van der Waals surface area contributed by atoms with Gasteiger partial charge < -0.3 is 4.57 Å². The van der Waals surface area contributed by atoms with Crippen LogP contribution >= 0.6 is 31.9 Å². The third-order valence-electron chi connectivity index (χ3n) is 7.42. The summed E-state index contributed by atoms with van der Waals surface area (Å²) in [6.07, 6.45) is 10.4. The van der Waals surface area contributed by atoms with Crippen LogP contribution in [0.4, 0.5) is 0 Å². The number of rotatable bonds is 3. The molecule has 1 saturated carbocycles.